The van der Waals surface area contributed by atoms with Crippen molar-refractivity contribution >= 4 is 0 Å². The average Bonchev–Trinajstić information content (AvgIpc) is 2.26. The summed E-state index contributed by atoms with van der Waals surface area (Å²) >= 11 is 0. The summed E-state index contributed by atoms with van der Waals surface area (Å²) in [6.45, 7) is 20.7. The van der Waals surface area contributed by atoms with Gasteiger partial charge in [-0.15, -0.1) is 0 Å². The first-order valence-electron chi connectivity index (χ1n) is 8.02. The van der Waals surface area contributed by atoms with Crippen LogP contribution in [0.2, 0.25) is 0 Å². The third kappa shape index (κ3) is 2.48. The van der Waals surface area contributed by atoms with Gasteiger partial charge in [0, 0.05) is 11.6 Å². The molecule has 0 aliphatic carbocycles. The van der Waals surface area contributed by atoms with Gasteiger partial charge in [0.05, 0.1) is 0 Å². The van der Waals surface area contributed by atoms with Crippen molar-refractivity contribution in [3.05, 3.63) is 0 Å². The van der Waals surface area contributed by atoms with Crippen LogP contribution >= 0.6 is 0 Å². The summed E-state index contributed by atoms with van der Waals surface area (Å²) in [5.74, 6) is 3.09. The van der Waals surface area contributed by atoms with Crippen molar-refractivity contribution in [3.8, 4) is 0 Å². The number of hydrogen-bond acceptors (Lipinski definition) is 1. The first-order chi connectivity index (χ1) is 8.26. The van der Waals surface area contributed by atoms with Gasteiger partial charge < -0.3 is 0 Å². The fraction of sp³-hybridized carbons (Fsp3) is 1.00. The lowest BCUT2D eigenvalue weighted by molar-refractivity contribution is -0.105. The van der Waals surface area contributed by atoms with Gasteiger partial charge in [0.1, 0.15) is 0 Å². The van der Waals surface area contributed by atoms with Gasteiger partial charge >= 0.3 is 0 Å². The lowest BCUT2D eigenvalue weighted by Gasteiger charge is -2.60. The molecule has 0 N–H and O–H groups in total. The number of hydrogen-bond donors (Lipinski definition) is 0. The van der Waals surface area contributed by atoms with E-state index in [1.807, 2.05) is 0 Å². The summed E-state index contributed by atoms with van der Waals surface area (Å²) in [5.41, 5.74) is 0.389. The Hall–Kier alpha value is -0.0400. The largest absolute Gasteiger partial charge is 0.294 e. The Morgan fingerprint density at radius 1 is 0.889 bits per heavy atom. The maximum atomic E-state index is 2.83. The summed E-state index contributed by atoms with van der Waals surface area (Å²) in [5, 5.41) is 0. The van der Waals surface area contributed by atoms with Gasteiger partial charge in [-0.25, -0.2) is 0 Å². The maximum Gasteiger partial charge on any atom is 0.0288 e. The van der Waals surface area contributed by atoms with E-state index in [0.29, 0.717) is 11.6 Å². The monoisotopic (exact) mass is 253 g/mol. The standard InChI is InChI=1S/C17H35N/c1-12(2)16-10-9-11-18(15(7)8)17(16,13(3)4)14(5)6/h12-16H,9-11H2,1-8H3. The maximum absolute atomic E-state index is 2.83. The second kappa shape index (κ2) is 5.94. The quantitative estimate of drug-likeness (QED) is 0.694. The van der Waals surface area contributed by atoms with E-state index < -0.39 is 0 Å². The Kier molecular flexibility index (Phi) is 5.29. The number of likely N-dealkylation sites (tertiary alicyclic amines) is 1. The molecule has 108 valence electrons. The molecular formula is C17H35N. The summed E-state index contributed by atoms with van der Waals surface area (Å²) in [7, 11) is 0. The molecular weight excluding hydrogens is 218 g/mol. The number of rotatable bonds is 4. The van der Waals surface area contributed by atoms with E-state index in [4.69, 9.17) is 0 Å². The highest BCUT2D eigenvalue weighted by Gasteiger charge is 2.51. The van der Waals surface area contributed by atoms with Gasteiger partial charge in [0.2, 0.25) is 0 Å². The van der Waals surface area contributed by atoms with E-state index >= 15 is 0 Å². The summed E-state index contributed by atoms with van der Waals surface area (Å²) in [6, 6.07) is 0.663. The second-order valence-corrected chi connectivity index (χ2v) is 7.48. The van der Waals surface area contributed by atoms with Crippen LogP contribution in [0.25, 0.3) is 0 Å². The lowest BCUT2D eigenvalue weighted by atomic mass is 9.60. The van der Waals surface area contributed by atoms with Crippen LogP contribution < -0.4 is 0 Å². The minimum absolute atomic E-state index is 0.389. The first kappa shape index (κ1) is 16.0. The lowest BCUT2D eigenvalue weighted by Crippen LogP contribution is -2.66. The van der Waals surface area contributed by atoms with Gasteiger partial charge in [-0.3, -0.25) is 4.90 Å². The molecule has 0 aromatic carbocycles. The third-order valence-corrected chi connectivity index (χ3v) is 5.28. The summed E-state index contributed by atoms with van der Waals surface area (Å²) < 4.78 is 0. The Morgan fingerprint density at radius 3 is 1.72 bits per heavy atom. The zero-order chi connectivity index (χ0) is 14.1. The highest BCUT2D eigenvalue weighted by molar-refractivity contribution is 5.05. The van der Waals surface area contributed by atoms with Crippen LogP contribution in [0.3, 0.4) is 0 Å². The second-order valence-electron chi connectivity index (χ2n) is 7.48. The molecule has 1 saturated heterocycles. The Morgan fingerprint density at radius 2 is 1.39 bits per heavy atom. The summed E-state index contributed by atoms with van der Waals surface area (Å²) in [6.07, 6.45) is 2.79. The molecule has 1 fully saturated rings. The zero-order valence-electron chi connectivity index (χ0n) is 14.0. The molecule has 1 rings (SSSR count). The molecule has 1 aliphatic rings. The van der Waals surface area contributed by atoms with Gasteiger partial charge in [-0.1, -0.05) is 41.5 Å². The van der Waals surface area contributed by atoms with E-state index in [1.165, 1.54) is 19.4 Å². The van der Waals surface area contributed by atoms with E-state index in [0.717, 1.165) is 23.7 Å². The Balaban J connectivity index is 3.27. The van der Waals surface area contributed by atoms with E-state index in [9.17, 15) is 0 Å². The fourth-order valence-electron chi connectivity index (χ4n) is 4.88. The van der Waals surface area contributed by atoms with Crippen molar-refractivity contribution in [3.63, 3.8) is 0 Å². The molecule has 0 radical (unpaired) electrons. The molecule has 1 heterocycles. The Labute approximate surface area is 115 Å². The van der Waals surface area contributed by atoms with Crippen LogP contribution in [-0.4, -0.2) is 23.0 Å². The van der Waals surface area contributed by atoms with Crippen molar-refractivity contribution in [2.75, 3.05) is 6.54 Å². The van der Waals surface area contributed by atoms with Crippen molar-refractivity contribution in [1.82, 2.24) is 4.90 Å². The zero-order valence-corrected chi connectivity index (χ0v) is 14.0. The van der Waals surface area contributed by atoms with Gasteiger partial charge in [0.25, 0.3) is 0 Å². The van der Waals surface area contributed by atoms with Crippen LogP contribution in [0.15, 0.2) is 0 Å². The van der Waals surface area contributed by atoms with Crippen molar-refractivity contribution in [1.29, 1.82) is 0 Å². The summed E-state index contributed by atoms with van der Waals surface area (Å²) in [4.78, 5) is 2.83. The van der Waals surface area contributed by atoms with E-state index in [1.54, 1.807) is 0 Å². The van der Waals surface area contributed by atoms with Crippen LogP contribution in [0.4, 0.5) is 0 Å². The van der Waals surface area contributed by atoms with Crippen molar-refractivity contribution < 1.29 is 0 Å². The van der Waals surface area contributed by atoms with E-state index in [-0.39, 0.29) is 0 Å². The molecule has 1 nitrogen and oxygen atoms in total. The first-order valence-corrected chi connectivity index (χ1v) is 8.02. The number of nitrogens with zero attached hydrogens (tertiary/aromatic N) is 1. The topological polar surface area (TPSA) is 3.24 Å². The smallest absolute Gasteiger partial charge is 0.0288 e. The van der Waals surface area contributed by atoms with Crippen molar-refractivity contribution in [2.24, 2.45) is 23.7 Å². The van der Waals surface area contributed by atoms with Crippen LogP contribution in [0.5, 0.6) is 0 Å². The van der Waals surface area contributed by atoms with Crippen LogP contribution in [0.1, 0.15) is 68.2 Å². The van der Waals surface area contributed by atoms with Crippen LogP contribution in [-0.2, 0) is 0 Å². The average molecular weight is 253 g/mol. The Bertz CT molecular complexity index is 226. The molecule has 0 spiro atoms. The molecule has 1 unspecified atom stereocenters. The van der Waals surface area contributed by atoms with Crippen LogP contribution in [0, 0.1) is 23.7 Å². The van der Waals surface area contributed by atoms with Gasteiger partial charge in [-0.2, -0.15) is 0 Å². The molecule has 18 heavy (non-hydrogen) atoms. The normalized spacial score (nSPS) is 25.7. The minimum Gasteiger partial charge on any atom is -0.294 e. The third-order valence-electron chi connectivity index (χ3n) is 5.28. The van der Waals surface area contributed by atoms with Gasteiger partial charge in [-0.05, 0) is 56.9 Å². The molecule has 1 heteroatoms. The number of piperidine rings is 1. The highest BCUT2D eigenvalue weighted by Crippen LogP contribution is 2.48. The molecule has 0 amide bonds. The predicted octanol–water partition coefficient (Wildman–Crippen LogP) is 4.81. The molecule has 0 bridgehead atoms. The van der Waals surface area contributed by atoms with Gasteiger partial charge in [0.15, 0.2) is 0 Å². The fourth-order valence-corrected chi connectivity index (χ4v) is 4.88. The molecule has 1 atom stereocenters. The molecule has 0 aromatic rings. The SMILES string of the molecule is CC(C)C1CCCN(C(C)C)C1(C(C)C)C(C)C. The predicted molar refractivity (Wildman–Crippen MR) is 81.8 cm³/mol. The highest BCUT2D eigenvalue weighted by atomic mass is 15.2. The van der Waals surface area contributed by atoms with E-state index in [2.05, 4.69) is 60.3 Å². The molecule has 0 saturated carbocycles. The minimum atomic E-state index is 0.389. The van der Waals surface area contributed by atoms with Crippen molar-refractivity contribution in [2.45, 2.75) is 79.8 Å². The molecule has 0 aromatic heterocycles. The molecule has 1 aliphatic heterocycles.